The summed E-state index contributed by atoms with van der Waals surface area (Å²) in [6, 6.07) is 0. The molecule has 1 heterocycles. The van der Waals surface area contributed by atoms with Crippen molar-refractivity contribution in [3.05, 3.63) is 22.5 Å². The van der Waals surface area contributed by atoms with Gasteiger partial charge in [-0.3, -0.25) is 9.36 Å². The number of allylic oxidation sites excluding steroid dienone is 4. The van der Waals surface area contributed by atoms with E-state index in [1.807, 2.05) is 0 Å². The van der Waals surface area contributed by atoms with Crippen molar-refractivity contribution in [2.45, 2.75) is 70.4 Å². The minimum atomic E-state index is 0.183. The number of Topliss-reactive ketones (excluding diaryl/α,β-unsaturated/α-hetero) is 1. The molecule has 2 saturated carbocycles. The van der Waals surface area contributed by atoms with E-state index in [0.717, 1.165) is 23.3 Å². The molecule has 0 spiro atoms. The summed E-state index contributed by atoms with van der Waals surface area (Å²) in [6.07, 6.45) is 7.52. The maximum atomic E-state index is 11.4. The summed E-state index contributed by atoms with van der Waals surface area (Å²) in [5, 5.41) is 9.78. The Balaban J connectivity index is 1.74. The molecule has 0 aliphatic heterocycles. The van der Waals surface area contributed by atoms with Crippen molar-refractivity contribution in [1.29, 1.82) is 0 Å². The van der Waals surface area contributed by atoms with E-state index < -0.39 is 0 Å². The molecule has 3 aliphatic rings. The van der Waals surface area contributed by atoms with Gasteiger partial charge in [0, 0.05) is 18.0 Å². The van der Waals surface area contributed by atoms with Crippen LogP contribution in [0.15, 0.2) is 21.9 Å². The van der Waals surface area contributed by atoms with Crippen LogP contribution in [0, 0.1) is 5.92 Å². The lowest BCUT2D eigenvalue weighted by molar-refractivity contribution is -0.114. The Hall–Kier alpha value is -1.36. The van der Waals surface area contributed by atoms with E-state index in [4.69, 9.17) is 0 Å². The van der Waals surface area contributed by atoms with Crippen LogP contribution in [0.25, 0.3) is 5.70 Å². The molecule has 0 aromatic carbocycles. The van der Waals surface area contributed by atoms with Gasteiger partial charge in [0.2, 0.25) is 0 Å². The first-order chi connectivity index (χ1) is 11.6. The second kappa shape index (κ2) is 6.17. The fourth-order valence-electron chi connectivity index (χ4n) is 4.02. The molecule has 0 saturated heterocycles. The minimum Gasteiger partial charge on any atom is -0.299 e. The van der Waals surface area contributed by atoms with Gasteiger partial charge in [0.25, 0.3) is 0 Å². The van der Waals surface area contributed by atoms with Crippen molar-refractivity contribution in [1.82, 2.24) is 14.8 Å². The molecule has 1 aromatic heterocycles. The lowest BCUT2D eigenvalue weighted by Gasteiger charge is -2.15. The Morgan fingerprint density at radius 2 is 2.00 bits per heavy atom. The van der Waals surface area contributed by atoms with Crippen LogP contribution in [-0.4, -0.2) is 26.3 Å². The van der Waals surface area contributed by atoms with Crippen LogP contribution in [0.1, 0.15) is 71.0 Å². The number of hydrogen-bond donors (Lipinski definition) is 0. The number of aromatic nitrogens is 3. The number of ketones is 1. The number of rotatable bonds is 6. The molecule has 0 atom stereocenters. The summed E-state index contributed by atoms with van der Waals surface area (Å²) in [5.74, 6) is 2.84. The molecule has 5 heteroatoms. The van der Waals surface area contributed by atoms with Gasteiger partial charge < -0.3 is 0 Å². The van der Waals surface area contributed by atoms with Crippen molar-refractivity contribution in [3.63, 3.8) is 0 Å². The number of carbonyl (C=O) groups excluding carboxylic acids is 1. The van der Waals surface area contributed by atoms with Crippen LogP contribution in [0.4, 0.5) is 0 Å². The van der Waals surface area contributed by atoms with Crippen molar-refractivity contribution >= 4 is 23.2 Å². The molecule has 3 aliphatic carbocycles. The van der Waals surface area contributed by atoms with Crippen LogP contribution in [0.3, 0.4) is 0 Å². The van der Waals surface area contributed by atoms with Crippen molar-refractivity contribution in [2.24, 2.45) is 5.92 Å². The summed E-state index contributed by atoms with van der Waals surface area (Å²) < 4.78 is 2.29. The van der Waals surface area contributed by atoms with E-state index in [-0.39, 0.29) is 5.78 Å². The molecule has 0 radical (unpaired) electrons. The molecular formula is C19H25N3OS. The first kappa shape index (κ1) is 16.1. The first-order valence-electron chi connectivity index (χ1n) is 9.08. The van der Waals surface area contributed by atoms with E-state index in [1.165, 1.54) is 49.6 Å². The monoisotopic (exact) mass is 343 g/mol. The Morgan fingerprint density at radius 1 is 1.25 bits per heavy atom. The zero-order chi connectivity index (χ0) is 16.8. The second-order valence-electron chi connectivity index (χ2n) is 7.56. The van der Waals surface area contributed by atoms with Gasteiger partial charge in [-0.15, -0.1) is 10.2 Å². The number of nitrogens with zero attached hydrogens (tertiary/aromatic N) is 3. The summed E-state index contributed by atoms with van der Waals surface area (Å²) in [6.45, 7) is 5.98. The predicted molar refractivity (Wildman–Crippen MR) is 97.0 cm³/mol. The second-order valence-corrected chi connectivity index (χ2v) is 8.50. The van der Waals surface area contributed by atoms with Gasteiger partial charge in [-0.1, -0.05) is 31.2 Å². The van der Waals surface area contributed by atoms with Gasteiger partial charge in [0.05, 0.1) is 5.75 Å². The van der Waals surface area contributed by atoms with Gasteiger partial charge in [-0.05, 0) is 56.1 Å². The lowest BCUT2D eigenvalue weighted by Crippen LogP contribution is -2.08. The normalized spacial score (nSPS) is 20.5. The summed E-state index contributed by atoms with van der Waals surface area (Å²) >= 11 is 1.53. The number of thioether (sulfide) groups is 1. The average Bonchev–Trinajstić information content (AvgIpc) is 2.97. The van der Waals surface area contributed by atoms with Gasteiger partial charge in [0.1, 0.15) is 11.6 Å². The Kier molecular flexibility index (Phi) is 4.15. The van der Waals surface area contributed by atoms with Gasteiger partial charge in [0.15, 0.2) is 5.16 Å². The zero-order valence-corrected chi connectivity index (χ0v) is 15.6. The summed E-state index contributed by atoms with van der Waals surface area (Å²) in [7, 11) is 0. The molecule has 4 rings (SSSR count). The third kappa shape index (κ3) is 2.77. The van der Waals surface area contributed by atoms with Crippen molar-refractivity contribution in [3.8, 4) is 0 Å². The maximum absolute atomic E-state index is 11.4. The highest BCUT2D eigenvalue weighted by atomic mass is 32.2. The van der Waals surface area contributed by atoms with Gasteiger partial charge in [-0.25, -0.2) is 0 Å². The zero-order valence-electron chi connectivity index (χ0n) is 14.8. The summed E-state index contributed by atoms with van der Waals surface area (Å²) in [4.78, 5) is 11.4. The van der Waals surface area contributed by atoms with Crippen LogP contribution in [-0.2, 0) is 4.79 Å². The lowest BCUT2D eigenvalue weighted by atomic mass is 10.0. The SMILES string of the molecule is CC(=O)CSc1nnc(C(C)C)n1C1=C2CCCC2=C(C2CC2)C1. The Bertz CT molecular complexity index is 753. The quantitative estimate of drug-likeness (QED) is 0.709. The maximum Gasteiger partial charge on any atom is 0.196 e. The van der Waals surface area contributed by atoms with E-state index in [9.17, 15) is 4.79 Å². The van der Waals surface area contributed by atoms with E-state index in [1.54, 1.807) is 23.6 Å². The first-order valence-corrected chi connectivity index (χ1v) is 10.1. The molecule has 0 bridgehead atoms. The van der Waals surface area contributed by atoms with E-state index in [2.05, 4.69) is 28.6 Å². The number of carbonyl (C=O) groups is 1. The number of hydrogen-bond acceptors (Lipinski definition) is 4. The smallest absolute Gasteiger partial charge is 0.196 e. The molecule has 24 heavy (non-hydrogen) atoms. The highest BCUT2D eigenvalue weighted by Crippen LogP contribution is 2.53. The van der Waals surface area contributed by atoms with Crippen LogP contribution in [0.2, 0.25) is 0 Å². The molecule has 0 N–H and O–H groups in total. The number of fused-ring (bicyclic) bond motifs is 1. The standard InChI is InChI=1S/C19H25N3OS/c1-11(2)18-20-21-19(24-10-12(3)23)22(18)17-9-16(13-7-8-13)14-5-4-6-15(14)17/h11,13H,4-10H2,1-3H3. The molecule has 0 amide bonds. The van der Waals surface area contributed by atoms with Crippen LogP contribution in [0.5, 0.6) is 0 Å². The summed E-state index contributed by atoms with van der Waals surface area (Å²) in [5.41, 5.74) is 6.31. The highest BCUT2D eigenvalue weighted by molar-refractivity contribution is 7.99. The van der Waals surface area contributed by atoms with Crippen LogP contribution >= 0.6 is 11.8 Å². The minimum absolute atomic E-state index is 0.183. The molecular weight excluding hydrogens is 318 g/mol. The third-order valence-corrected chi connectivity index (χ3v) is 6.30. The topological polar surface area (TPSA) is 47.8 Å². The molecule has 4 nitrogen and oxygen atoms in total. The molecule has 0 unspecified atom stereocenters. The van der Waals surface area contributed by atoms with E-state index in [0.29, 0.717) is 11.7 Å². The van der Waals surface area contributed by atoms with Gasteiger partial charge >= 0.3 is 0 Å². The molecule has 128 valence electrons. The largest absolute Gasteiger partial charge is 0.299 e. The van der Waals surface area contributed by atoms with Crippen molar-refractivity contribution < 1.29 is 4.79 Å². The Labute approximate surface area is 147 Å². The van der Waals surface area contributed by atoms with Gasteiger partial charge in [-0.2, -0.15) is 0 Å². The fraction of sp³-hybridized carbons (Fsp3) is 0.632. The molecule has 1 aromatic rings. The highest BCUT2D eigenvalue weighted by Gasteiger charge is 2.38. The Morgan fingerprint density at radius 3 is 2.67 bits per heavy atom. The predicted octanol–water partition coefficient (Wildman–Crippen LogP) is 4.59. The molecule has 2 fully saturated rings. The third-order valence-electron chi connectivity index (χ3n) is 5.23. The van der Waals surface area contributed by atoms with Crippen LogP contribution < -0.4 is 0 Å². The average molecular weight is 343 g/mol. The van der Waals surface area contributed by atoms with E-state index >= 15 is 0 Å². The van der Waals surface area contributed by atoms with Crippen molar-refractivity contribution in [2.75, 3.05) is 5.75 Å². The fourth-order valence-corrected chi connectivity index (χ4v) is 4.78.